The van der Waals surface area contributed by atoms with E-state index in [1.165, 1.54) is 9.47 Å². The summed E-state index contributed by atoms with van der Waals surface area (Å²) in [5.74, 6) is 0. The van der Waals surface area contributed by atoms with Gasteiger partial charge in [-0.2, -0.15) is 0 Å². The summed E-state index contributed by atoms with van der Waals surface area (Å²) in [4.78, 5) is 28.5. The Balaban J connectivity index is -0.0000000750. The van der Waals surface area contributed by atoms with Gasteiger partial charge in [0.05, 0.1) is 0 Å². The number of hydrogen-bond donors (Lipinski definition) is 4. The Morgan fingerprint density at radius 3 is 1.12 bits per heavy atom. The fourth-order valence-corrected chi connectivity index (χ4v) is 0. The molecule has 5 nitrogen and oxygen atoms in total. The predicted octanol–water partition coefficient (Wildman–Crippen LogP) is -1.16. The van der Waals surface area contributed by atoms with Crippen LogP contribution in [0, 0.1) is 0 Å². The van der Waals surface area contributed by atoms with Gasteiger partial charge in [0.1, 0.15) is 0 Å². The maximum absolute atomic E-state index is 8.88. The van der Waals surface area contributed by atoms with E-state index in [1.54, 1.807) is 0 Å². The molecule has 0 amide bonds. The normalized spacial score (nSPS) is 8.12. The molecule has 0 aliphatic carbocycles. The minimum absolute atomic E-state index is 0. The summed E-state index contributed by atoms with van der Waals surface area (Å²) < 4.78 is 8.88. The van der Waals surface area contributed by atoms with E-state index in [2.05, 4.69) is 0 Å². The van der Waals surface area contributed by atoms with Crippen LogP contribution in [0.1, 0.15) is 0 Å². The SMILES string of the molecule is O=P(O)(O)O.OP.[Fe]. The van der Waals surface area contributed by atoms with Crippen molar-refractivity contribution >= 4 is 17.3 Å². The van der Waals surface area contributed by atoms with Gasteiger partial charge in [-0.3, -0.25) is 0 Å². The third kappa shape index (κ3) is 245. The molecule has 0 aliphatic rings. The Bertz CT molecular complexity index is 56.6. The molecule has 0 spiro atoms. The van der Waals surface area contributed by atoms with Crippen molar-refractivity contribution in [2.75, 3.05) is 0 Å². The van der Waals surface area contributed by atoms with E-state index in [0.29, 0.717) is 0 Å². The van der Waals surface area contributed by atoms with Crippen LogP contribution in [-0.2, 0) is 21.6 Å². The summed E-state index contributed by atoms with van der Waals surface area (Å²) in [6.45, 7) is 0. The summed E-state index contributed by atoms with van der Waals surface area (Å²) in [6.07, 6.45) is 0. The van der Waals surface area contributed by atoms with Gasteiger partial charge in [-0.1, -0.05) is 0 Å². The second-order valence-corrected chi connectivity index (χ2v) is 1.54. The molecule has 4 N–H and O–H groups in total. The first kappa shape index (κ1) is 16.0. The van der Waals surface area contributed by atoms with E-state index in [9.17, 15) is 0 Å². The first-order valence-electron chi connectivity index (χ1n) is 1.04. The molecule has 0 aromatic carbocycles. The predicted molar refractivity (Wildman–Crippen MR) is 26.2 cm³/mol. The van der Waals surface area contributed by atoms with E-state index >= 15 is 0 Å². The van der Waals surface area contributed by atoms with Crippen molar-refractivity contribution in [3.63, 3.8) is 0 Å². The van der Waals surface area contributed by atoms with Crippen LogP contribution >= 0.6 is 17.3 Å². The first-order valence-corrected chi connectivity index (χ1v) is 3.12. The molecule has 0 aromatic rings. The zero-order valence-electron chi connectivity index (χ0n) is 3.58. The second-order valence-electron chi connectivity index (χ2n) is 0.513. The standard InChI is InChI=1S/Fe.H3O4P.H3OP/c;1-5(2,3)4;1-2/h;(H3,1,2,3,4);1H,2H2. The van der Waals surface area contributed by atoms with Crippen molar-refractivity contribution in [2.45, 2.75) is 0 Å². The van der Waals surface area contributed by atoms with E-state index < -0.39 is 7.82 Å². The maximum atomic E-state index is 8.88. The summed E-state index contributed by atoms with van der Waals surface area (Å²) in [5, 5.41) is 0. The molecule has 0 fully saturated rings. The topological polar surface area (TPSA) is 98.0 Å². The van der Waals surface area contributed by atoms with Crippen LogP contribution in [0.4, 0.5) is 0 Å². The largest absolute Gasteiger partial charge is 0.466 e. The Labute approximate surface area is 59.1 Å². The van der Waals surface area contributed by atoms with Crippen LogP contribution in [0.3, 0.4) is 0 Å². The van der Waals surface area contributed by atoms with E-state index in [4.69, 9.17) is 24.1 Å². The molecule has 0 aromatic heterocycles. The van der Waals surface area contributed by atoms with Crippen molar-refractivity contribution < 1.29 is 41.2 Å². The molecule has 8 heteroatoms. The van der Waals surface area contributed by atoms with Crippen molar-refractivity contribution in [1.29, 1.82) is 0 Å². The molecule has 54 valence electrons. The van der Waals surface area contributed by atoms with Gasteiger partial charge in [-0.05, 0) is 9.47 Å². The summed E-state index contributed by atoms with van der Waals surface area (Å²) >= 11 is 0. The summed E-state index contributed by atoms with van der Waals surface area (Å²) in [5.41, 5.74) is 0. The summed E-state index contributed by atoms with van der Waals surface area (Å²) in [6, 6.07) is 0. The Hall–Kier alpha value is 1.02. The smallest absolute Gasteiger partial charge is 0.380 e. The van der Waals surface area contributed by atoms with Gasteiger partial charge in [0.25, 0.3) is 0 Å². The Morgan fingerprint density at radius 1 is 1.12 bits per heavy atom. The minimum Gasteiger partial charge on any atom is -0.380 e. The van der Waals surface area contributed by atoms with Gasteiger partial charge in [0.2, 0.25) is 0 Å². The van der Waals surface area contributed by atoms with Crippen molar-refractivity contribution in [3.05, 3.63) is 0 Å². The van der Waals surface area contributed by atoms with Crippen LogP contribution in [0.5, 0.6) is 0 Å². The third-order valence-corrected chi connectivity index (χ3v) is 0. The zero-order chi connectivity index (χ0) is 6.50. The fourth-order valence-electron chi connectivity index (χ4n) is 0. The average Bonchev–Trinajstić information content (AvgIpc) is 1.36. The molecule has 0 aliphatic heterocycles. The van der Waals surface area contributed by atoms with Crippen LogP contribution in [0.2, 0.25) is 0 Å². The van der Waals surface area contributed by atoms with Gasteiger partial charge < -0.3 is 19.6 Å². The quantitative estimate of drug-likeness (QED) is 0.294. The Morgan fingerprint density at radius 2 is 1.12 bits per heavy atom. The number of phosphoric acid groups is 1. The Kier molecular flexibility index (Phi) is 16.0. The molecular formula is H6FeO5P2. The van der Waals surface area contributed by atoms with Gasteiger partial charge in [0.15, 0.2) is 0 Å². The molecular weight excluding hydrogens is 198 g/mol. The monoisotopic (exact) mass is 204 g/mol. The van der Waals surface area contributed by atoms with E-state index in [1.807, 2.05) is 0 Å². The fraction of sp³-hybridized carbons (Fsp3) is 0. The zero-order valence-corrected chi connectivity index (χ0v) is 6.73. The van der Waals surface area contributed by atoms with Gasteiger partial charge in [-0.25, -0.2) is 4.57 Å². The molecule has 0 saturated carbocycles. The van der Waals surface area contributed by atoms with Gasteiger partial charge in [-0.15, -0.1) is 0 Å². The number of hydrogen-bond acceptors (Lipinski definition) is 2. The molecule has 8 heavy (non-hydrogen) atoms. The van der Waals surface area contributed by atoms with Crippen LogP contribution < -0.4 is 0 Å². The number of rotatable bonds is 0. The second kappa shape index (κ2) is 8.02. The molecule has 0 bridgehead atoms. The molecule has 0 rings (SSSR count). The first-order chi connectivity index (χ1) is 3.00. The molecule has 0 heterocycles. The van der Waals surface area contributed by atoms with Crippen LogP contribution in [-0.4, -0.2) is 19.6 Å². The molecule has 1 atom stereocenters. The summed E-state index contributed by atoms with van der Waals surface area (Å²) in [7, 11) is -3.22. The van der Waals surface area contributed by atoms with Gasteiger partial charge >= 0.3 is 7.82 Å². The van der Waals surface area contributed by atoms with Crippen molar-refractivity contribution in [3.8, 4) is 0 Å². The maximum Gasteiger partial charge on any atom is 0.466 e. The third-order valence-electron chi connectivity index (χ3n) is 0. The van der Waals surface area contributed by atoms with E-state index in [-0.39, 0.29) is 17.1 Å². The molecule has 0 radical (unpaired) electrons. The van der Waals surface area contributed by atoms with Crippen molar-refractivity contribution in [2.24, 2.45) is 0 Å². The average molecular weight is 204 g/mol. The minimum atomic E-state index is -4.64. The molecule has 1 unspecified atom stereocenters. The van der Waals surface area contributed by atoms with Gasteiger partial charge in [0, 0.05) is 17.1 Å². The van der Waals surface area contributed by atoms with Crippen LogP contribution in [0.15, 0.2) is 0 Å². The van der Waals surface area contributed by atoms with Crippen molar-refractivity contribution in [1.82, 2.24) is 0 Å². The van der Waals surface area contributed by atoms with Crippen LogP contribution in [0.25, 0.3) is 0 Å². The van der Waals surface area contributed by atoms with E-state index in [0.717, 1.165) is 0 Å². The molecule has 0 saturated heterocycles.